The van der Waals surface area contributed by atoms with Gasteiger partial charge in [-0.2, -0.15) is 0 Å². The summed E-state index contributed by atoms with van der Waals surface area (Å²) in [5.74, 6) is -1.01. The fraction of sp³-hybridized carbons (Fsp3) is 0.750. The van der Waals surface area contributed by atoms with Crippen LogP contribution >= 0.6 is 7.82 Å². The Hall–Kier alpha value is -1.47. The van der Waals surface area contributed by atoms with Gasteiger partial charge >= 0.3 is 19.8 Å². The zero-order valence-electron chi connectivity index (χ0n) is 20.3. The molecule has 192 valence electrons. The van der Waals surface area contributed by atoms with Gasteiger partial charge in [-0.3, -0.25) is 14.1 Å². The van der Waals surface area contributed by atoms with Crippen molar-refractivity contribution >= 4 is 19.8 Å². The van der Waals surface area contributed by atoms with Gasteiger partial charge in [0.25, 0.3) is 0 Å². The number of ether oxygens (including phenoxy) is 2. The maximum atomic E-state index is 12.0. The molecule has 0 aromatic carbocycles. The van der Waals surface area contributed by atoms with Crippen LogP contribution in [0.2, 0.25) is 0 Å². The van der Waals surface area contributed by atoms with Crippen LogP contribution in [0.4, 0.5) is 0 Å². The summed E-state index contributed by atoms with van der Waals surface area (Å²) >= 11 is 0. The molecule has 0 heterocycles. The van der Waals surface area contributed by atoms with E-state index in [0.717, 1.165) is 38.5 Å². The van der Waals surface area contributed by atoms with Gasteiger partial charge in [0.05, 0.1) is 6.61 Å². The number of phosphoric acid groups is 1. The number of carbonyl (C=O) groups excluding carboxylic acids is 2. The zero-order chi connectivity index (χ0) is 24.8. The van der Waals surface area contributed by atoms with E-state index in [9.17, 15) is 14.2 Å². The van der Waals surface area contributed by atoms with Crippen LogP contribution in [0, 0.1) is 0 Å². The maximum Gasteiger partial charge on any atom is 0.469 e. The Morgan fingerprint density at radius 3 is 2.03 bits per heavy atom. The Bertz CT molecular complexity index is 612. The fourth-order valence-corrected chi connectivity index (χ4v) is 3.27. The van der Waals surface area contributed by atoms with Gasteiger partial charge in [-0.05, 0) is 38.5 Å². The lowest BCUT2D eigenvalue weighted by Crippen LogP contribution is -2.29. The van der Waals surface area contributed by atoms with Crippen LogP contribution in [0.15, 0.2) is 24.3 Å². The molecular weight excluding hydrogens is 447 g/mol. The van der Waals surface area contributed by atoms with Gasteiger partial charge in [0.1, 0.15) is 6.61 Å². The predicted molar refractivity (Wildman–Crippen MR) is 128 cm³/mol. The highest BCUT2D eigenvalue weighted by molar-refractivity contribution is 7.46. The van der Waals surface area contributed by atoms with Crippen molar-refractivity contribution in [1.29, 1.82) is 0 Å². The molecule has 0 bridgehead atoms. The first-order valence-electron chi connectivity index (χ1n) is 12.1. The number of hydrogen-bond acceptors (Lipinski definition) is 6. The molecule has 0 amide bonds. The molecule has 0 spiro atoms. The van der Waals surface area contributed by atoms with Crippen molar-refractivity contribution in [3.63, 3.8) is 0 Å². The van der Waals surface area contributed by atoms with Crippen LogP contribution < -0.4 is 0 Å². The van der Waals surface area contributed by atoms with Gasteiger partial charge in [0.2, 0.25) is 0 Å². The molecule has 0 aliphatic rings. The van der Waals surface area contributed by atoms with Crippen LogP contribution in [0.3, 0.4) is 0 Å². The lowest BCUT2D eigenvalue weighted by Gasteiger charge is -2.18. The minimum atomic E-state index is -4.71. The third-order valence-corrected chi connectivity index (χ3v) is 5.26. The van der Waals surface area contributed by atoms with Gasteiger partial charge in [-0.15, -0.1) is 0 Å². The van der Waals surface area contributed by atoms with E-state index >= 15 is 0 Å². The monoisotopic (exact) mass is 490 g/mol. The van der Waals surface area contributed by atoms with Crippen molar-refractivity contribution in [1.82, 2.24) is 0 Å². The highest BCUT2D eigenvalue weighted by Gasteiger charge is 2.22. The van der Waals surface area contributed by atoms with Crippen molar-refractivity contribution in [3.8, 4) is 0 Å². The Kier molecular flexibility index (Phi) is 20.1. The SMILES string of the molecule is CCCCC/C=C\C/C=C\CCCCCCCC(=O)OC(COC(=O)CC)COP(=O)(O)O. The van der Waals surface area contributed by atoms with E-state index in [4.69, 9.17) is 19.3 Å². The number of rotatable bonds is 21. The predicted octanol–water partition coefficient (Wildman–Crippen LogP) is 5.77. The highest BCUT2D eigenvalue weighted by atomic mass is 31.2. The Balaban J connectivity index is 3.87. The molecular formula is C24H43O8P. The molecule has 0 aliphatic carbocycles. The molecule has 0 saturated carbocycles. The topological polar surface area (TPSA) is 119 Å². The van der Waals surface area contributed by atoms with Crippen LogP contribution in [-0.4, -0.2) is 41.0 Å². The molecule has 2 N–H and O–H groups in total. The molecule has 0 fully saturated rings. The first-order chi connectivity index (χ1) is 15.8. The maximum absolute atomic E-state index is 12.0. The summed E-state index contributed by atoms with van der Waals surface area (Å²) in [6, 6.07) is 0. The Labute approximate surface area is 199 Å². The molecule has 1 unspecified atom stereocenters. The number of esters is 2. The zero-order valence-corrected chi connectivity index (χ0v) is 21.2. The smallest absolute Gasteiger partial charge is 0.462 e. The third kappa shape index (κ3) is 23.5. The number of phosphoric ester groups is 1. The van der Waals surface area contributed by atoms with Crippen molar-refractivity contribution in [2.24, 2.45) is 0 Å². The van der Waals surface area contributed by atoms with Gasteiger partial charge in [-0.1, -0.05) is 70.3 Å². The number of unbranched alkanes of at least 4 members (excludes halogenated alkanes) is 8. The molecule has 0 aliphatic heterocycles. The summed E-state index contributed by atoms with van der Waals surface area (Å²) in [4.78, 5) is 40.9. The third-order valence-electron chi connectivity index (χ3n) is 4.78. The average molecular weight is 491 g/mol. The van der Waals surface area contributed by atoms with Gasteiger partial charge in [0.15, 0.2) is 6.10 Å². The summed E-state index contributed by atoms with van der Waals surface area (Å²) < 4.78 is 25.3. The van der Waals surface area contributed by atoms with Crippen molar-refractivity contribution in [2.45, 2.75) is 103 Å². The second-order valence-corrected chi connectivity index (χ2v) is 9.15. The molecule has 33 heavy (non-hydrogen) atoms. The fourth-order valence-electron chi connectivity index (χ4n) is 2.91. The lowest BCUT2D eigenvalue weighted by atomic mass is 10.1. The largest absolute Gasteiger partial charge is 0.469 e. The molecule has 0 radical (unpaired) electrons. The average Bonchev–Trinajstić information content (AvgIpc) is 2.77. The molecule has 8 nitrogen and oxygen atoms in total. The van der Waals surface area contributed by atoms with Crippen LogP contribution in [0.5, 0.6) is 0 Å². The van der Waals surface area contributed by atoms with Crippen LogP contribution in [-0.2, 0) is 28.2 Å². The van der Waals surface area contributed by atoms with Gasteiger partial charge in [-0.25, -0.2) is 4.57 Å². The van der Waals surface area contributed by atoms with E-state index in [-0.39, 0.29) is 19.4 Å². The molecule has 0 saturated heterocycles. The number of allylic oxidation sites excluding steroid dienone is 4. The second kappa shape index (κ2) is 21.1. The highest BCUT2D eigenvalue weighted by Crippen LogP contribution is 2.35. The van der Waals surface area contributed by atoms with Crippen molar-refractivity contribution in [2.75, 3.05) is 13.2 Å². The van der Waals surface area contributed by atoms with E-state index in [1.165, 1.54) is 25.7 Å². The van der Waals surface area contributed by atoms with E-state index in [2.05, 4.69) is 35.8 Å². The normalized spacial score (nSPS) is 13.0. The minimum Gasteiger partial charge on any atom is -0.462 e. The second-order valence-electron chi connectivity index (χ2n) is 7.92. The van der Waals surface area contributed by atoms with E-state index in [1.807, 2.05) is 0 Å². The van der Waals surface area contributed by atoms with Crippen LogP contribution in [0.1, 0.15) is 97.3 Å². The van der Waals surface area contributed by atoms with Gasteiger partial charge < -0.3 is 19.3 Å². The van der Waals surface area contributed by atoms with E-state index in [1.54, 1.807) is 6.92 Å². The number of hydrogen-bond donors (Lipinski definition) is 2. The molecule has 0 rings (SSSR count). The summed E-state index contributed by atoms with van der Waals surface area (Å²) in [6.45, 7) is 2.97. The quantitative estimate of drug-likeness (QED) is 0.0900. The summed E-state index contributed by atoms with van der Waals surface area (Å²) in [7, 11) is -4.71. The Morgan fingerprint density at radius 2 is 1.42 bits per heavy atom. The Morgan fingerprint density at radius 1 is 0.818 bits per heavy atom. The summed E-state index contributed by atoms with van der Waals surface area (Å²) in [5.41, 5.74) is 0. The summed E-state index contributed by atoms with van der Waals surface area (Å²) in [6.07, 6.45) is 20.0. The van der Waals surface area contributed by atoms with Crippen LogP contribution in [0.25, 0.3) is 0 Å². The number of carbonyl (C=O) groups is 2. The standard InChI is InChI=1S/C24H43O8P/c1-3-5-6-7-8-9-10-11-12-13-14-15-16-17-18-19-24(26)32-22(20-30-23(25)4-2)21-31-33(27,28)29/h8-9,11-12,22H,3-7,10,13-21H2,1-2H3,(H2,27,28,29)/b9-8-,12-11-. The van der Waals surface area contributed by atoms with Crippen molar-refractivity contribution in [3.05, 3.63) is 24.3 Å². The minimum absolute atomic E-state index is 0.145. The lowest BCUT2D eigenvalue weighted by molar-refractivity contribution is -0.161. The molecule has 0 aromatic rings. The van der Waals surface area contributed by atoms with E-state index < -0.39 is 32.5 Å². The molecule has 0 aromatic heterocycles. The molecule has 9 heteroatoms. The van der Waals surface area contributed by atoms with Crippen molar-refractivity contribution < 1.29 is 37.9 Å². The first-order valence-corrected chi connectivity index (χ1v) is 13.7. The first kappa shape index (κ1) is 31.5. The van der Waals surface area contributed by atoms with E-state index in [0.29, 0.717) is 6.42 Å². The molecule has 1 atom stereocenters. The summed E-state index contributed by atoms with van der Waals surface area (Å²) in [5, 5.41) is 0. The van der Waals surface area contributed by atoms with Gasteiger partial charge in [0, 0.05) is 12.8 Å².